The number of carbonyl (C=O) groups excluding carboxylic acids is 3. The number of ketones is 1. The van der Waals surface area contributed by atoms with E-state index in [-0.39, 0.29) is 22.2 Å². The molecule has 8 heteroatoms. The summed E-state index contributed by atoms with van der Waals surface area (Å²) in [6.45, 7) is 4.50. The Morgan fingerprint density at radius 3 is 2.59 bits per heavy atom. The molecule has 2 aromatic heterocycles. The minimum Gasteiger partial charge on any atom is -0.454 e. The van der Waals surface area contributed by atoms with Gasteiger partial charge in [-0.1, -0.05) is 11.6 Å². The predicted octanol–water partition coefficient (Wildman–Crippen LogP) is 2.96. The second kappa shape index (κ2) is 7.92. The van der Waals surface area contributed by atoms with Crippen molar-refractivity contribution in [2.45, 2.75) is 26.7 Å². The van der Waals surface area contributed by atoms with Gasteiger partial charge < -0.3 is 14.6 Å². The van der Waals surface area contributed by atoms with Crippen molar-refractivity contribution in [1.29, 1.82) is 0 Å². The third-order valence-corrected chi connectivity index (χ3v) is 4.74. The molecular formula is C19H20ClN3O4. The number of likely N-dealkylation sites (tertiary alicyclic amines) is 1. The van der Waals surface area contributed by atoms with Gasteiger partial charge in [-0.25, -0.2) is 9.78 Å². The number of rotatable bonds is 5. The highest BCUT2D eigenvalue weighted by atomic mass is 35.5. The van der Waals surface area contributed by atoms with Crippen LogP contribution in [0.3, 0.4) is 0 Å². The van der Waals surface area contributed by atoms with E-state index < -0.39 is 18.4 Å². The van der Waals surface area contributed by atoms with Gasteiger partial charge in [0.25, 0.3) is 5.91 Å². The molecule has 1 N–H and O–H groups in total. The molecular weight excluding hydrogens is 370 g/mol. The third kappa shape index (κ3) is 4.19. The summed E-state index contributed by atoms with van der Waals surface area (Å²) < 4.78 is 5.09. The quantitative estimate of drug-likeness (QED) is 0.482. The Bertz CT molecular complexity index is 877. The highest BCUT2D eigenvalue weighted by Crippen LogP contribution is 2.20. The first-order valence-electron chi connectivity index (χ1n) is 8.68. The zero-order valence-electron chi connectivity index (χ0n) is 15.2. The van der Waals surface area contributed by atoms with E-state index in [1.165, 1.54) is 12.3 Å². The summed E-state index contributed by atoms with van der Waals surface area (Å²) in [6.07, 6.45) is 3.43. The number of esters is 1. The Kier molecular flexibility index (Phi) is 5.60. The first-order valence-corrected chi connectivity index (χ1v) is 9.06. The van der Waals surface area contributed by atoms with Gasteiger partial charge in [-0.3, -0.25) is 9.59 Å². The summed E-state index contributed by atoms with van der Waals surface area (Å²) in [6, 6.07) is 3.20. The SMILES string of the molecule is Cc1cc(C)c(C(=O)OCC(=O)c2c[nH]c(C(=O)N3CCCC3)c2)c(Cl)n1. The van der Waals surface area contributed by atoms with Crippen LogP contribution in [-0.4, -0.2) is 52.2 Å². The minimum absolute atomic E-state index is 0.0464. The van der Waals surface area contributed by atoms with Crippen molar-refractivity contribution >= 4 is 29.3 Å². The minimum atomic E-state index is -0.706. The van der Waals surface area contributed by atoms with Gasteiger partial charge in [-0.05, 0) is 44.4 Å². The molecule has 1 aliphatic rings. The molecule has 0 aliphatic carbocycles. The van der Waals surface area contributed by atoms with Crippen LogP contribution in [0.5, 0.6) is 0 Å². The van der Waals surface area contributed by atoms with Gasteiger partial charge in [-0.15, -0.1) is 0 Å². The van der Waals surface area contributed by atoms with Gasteiger partial charge in [-0.2, -0.15) is 0 Å². The van der Waals surface area contributed by atoms with Gasteiger partial charge in [0.05, 0.1) is 5.56 Å². The average molecular weight is 390 g/mol. The maximum atomic E-state index is 12.3. The number of amides is 1. The van der Waals surface area contributed by atoms with Crippen LogP contribution in [0.25, 0.3) is 0 Å². The molecule has 0 saturated carbocycles. The monoisotopic (exact) mass is 389 g/mol. The second-order valence-corrected chi connectivity index (χ2v) is 6.91. The molecule has 0 radical (unpaired) electrons. The van der Waals surface area contributed by atoms with E-state index >= 15 is 0 Å². The van der Waals surface area contributed by atoms with Gasteiger partial charge >= 0.3 is 5.97 Å². The summed E-state index contributed by atoms with van der Waals surface area (Å²) in [5.41, 5.74) is 2.11. The number of carbonyl (C=O) groups is 3. The summed E-state index contributed by atoms with van der Waals surface area (Å²) in [7, 11) is 0. The Morgan fingerprint density at radius 2 is 1.93 bits per heavy atom. The van der Waals surface area contributed by atoms with Crippen LogP contribution in [0.1, 0.15) is 55.3 Å². The maximum Gasteiger partial charge on any atom is 0.342 e. The van der Waals surface area contributed by atoms with Crippen LogP contribution < -0.4 is 0 Å². The van der Waals surface area contributed by atoms with Crippen LogP contribution in [-0.2, 0) is 4.74 Å². The van der Waals surface area contributed by atoms with Gasteiger partial charge in [0.15, 0.2) is 6.61 Å². The van der Waals surface area contributed by atoms with E-state index in [1.54, 1.807) is 24.8 Å². The largest absolute Gasteiger partial charge is 0.454 e. The van der Waals surface area contributed by atoms with Gasteiger partial charge in [0.2, 0.25) is 5.78 Å². The standard InChI is InChI=1S/C19H20ClN3O4/c1-11-7-12(2)22-17(20)16(11)19(26)27-10-15(24)13-8-14(21-9-13)18(25)23-5-3-4-6-23/h7-9,21H,3-6,10H2,1-2H3. The van der Waals surface area contributed by atoms with Crippen molar-refractivity contribution in [3.8, 4) is 0 Å². The molecule has 1 fully saturated rings. The Labute approximate surface area is 161 Å². The highest BCUT2D eigenvalue weighted by Gasteiger charge is 2.23. The van der Waals surface area contributed by atoms with E-state index in [0.717, 1.165) is 25.9 Å². The van der Waals surface area contributed by atoms with E-state index in [2.05, 4.69) is 9.97 Å². The molecule has 0 spiro atoms. The maximum absolute atomic E-state index is 12.3. The zero-order chi connectivity index (χ0) is 19.6. The fourth-order valence-electron chi connectivity index (χ4n) is 3.09. The third-order valence-electron chi connectivity index (χ3n) is 4.47. The average Bonchev–Trinajstić information content (AvgIpc) is 3.29. The number of ether oxygens (including phenoxy) is 1. The van der Waals surface area contributed by atoms with E-state index in [9.17, 15) is 14.4 Å². The van der Waals surface area contributed by atoms with Crippen LogP contribution in [0.4, 0.5) is 0 Å². The zero-order valence-corrected chi connectivity index (χ0v) is 15.9. The fraction of sp³-hybridized carbons (Fsp3) is 0.368. The van der Waals surface area contributed by atoms with Crippen molar-refractivity contribution < 1.29 is 19.1 Å². The van der Waals surface area contributed by atoms with Gasteiger partial charge in [0, 0.05) is 30.5 Å². The lowest BCUT2D eigenvalue weighted by molar-refractivity contribution is 0.0473. The lowest BCUT2D eigenvalue weighted by atomic mass is 10.1. The second-order valence-electron chi connectivity index (χ2n) is 6.55. The van der Waals surface area contributed by atoms with Crippen molar-refractivity contribution in [2.75, 3.05) is 19.7 Å². The number of pyridine rings is 1. The predicted molar refractivity (Wildman–Crippen MR) is 99.3 cm³/mol. The molecule has 27 heavy (non-hydrogen) atoms. The number of hydrogen-bond donors (Lipinski definition) is 1. The number of aromatic nitrogens is 2. The number of nitrogens with zero attached hydrogens (tertiary/aromatic N) is 2. The fourth-order valence-corrected chi connectivity index (χ4v) is 3.45. The van der Waals surface area contributed by atoms with Gasteiger partial charge in [0.1, 0.15) is 10.8 Å². The number of Topliss-reactive ketones (excluding diaryl/α,β-unsaturated/α-hetero) is 1. The topological polar surface area (TPSA) is 92.4 Å². The summed E-state index contributed by atoms with van der Waals surface area (Å²) >= 11 is 6.02. The molecule has 0 unspecified atom stereocenters. The van der Waals surface area contributed by atoms with Crippen molar-refractivity contribution in [1.82, 2.24) is 14.9 Å². The molecule has 0 aromatic carbocycles. The molecule has 0 bridgehead atoms. The number of aromatic amines is 1. The number of aryl methyl sites for hydroxylation is 2. The van der Waals surface area contributed by atoms with Crippen LogP contribution in [0.15, 0.2) is 18.3 Å². The van der Waals surface area contributed by atoms with Crippen molar-refractivity contribution in [3.05, 3.63) is 51.6 Å². The molecule has 1 saturated heterocycles. The Balaban J connectivity index is 1.63. The molecule has 7 nitrogen and oxygen atoms in total. The first kappa shape index (κ1) is 19.1. The smallest absolute Gasteiger partial charge is 0.342 e. The Hall–Kier alpha value is -2.67. The van der Waals surface area contributed by atoms with Crippen LogP contribution >= 0.6 is 11.6 Å². The van der Waals surface area contributed by atoms with Crippen LogP contribution in [0, 0.1) is 13.8 Å². The van der Waals surface area contributed by atoms with Crippen LogP contribution in [0.2, 0.25) is 5.15 Å². The molecule has 1 aliphatic heterocycles. The highest BCUT2D eigenvalue weighted by molar-refractivity contribution is 6.32. The molecule has 3 heterocycles. The van der Waals surface area contributed by atoms with Crippen molar-refractivity contribution in [2.24, 2.45) is 0 Å². The normalized spacial score (nSPS) is 13.7. The Morgan fingerprint density at radius 1 is 1.22 bits per heavy atom. The lowest BCUT2D eigenvalue weighted by Crippen LogP contribution is -2.27. The molecule has 0 atom stereocenters. The van der Waals surface area contributed by atoms with Crippen molar-refractivity contribution in [3.63, 3.8) is 0 Å². The number of hydrogen-bond acceptors (Lipinski definition) is 5. The number of H-pyrrole nitrogens is 1. The summed E-state index contributed by atoms with van der Waals surface area (Å²) in [5.74, 6) is -1.24. The van der Waals surface area contributed by atoms with E-state index in [4.69, 9.17) is 16.3 Å². The number of halogens is 1. The lowest BCUT2D eigenvalue weighted by Gasteiger charge is -2.13. The molecule has 1 amide bonds. The molecule has 142 valence electrons. The summed E-state index contributed by atoms with van der Waals surface area (Å²) in [4.78, 5) is 45.5. The van der Waals surface area contributed by atoms with E-state index in [1.807, 2.05) is 0 Å². The number of nitrogens with one attached hydrogen (secondary N) is 1. The van der Waals surface area contributed by atoms with E-state index in [0.29, 0.717) is 17.0 Å². The summed E-state index contributed by atoms with van der Waals surface area (Å²) in [5, 5.41) is 0.0464. The molecule has 2 aromatic rings. The molecule has 3 rings (SSSR count). The first-order chi connectivity index (χ1) is 12.9.